The van der Waals surface area contributed by atoms with Gasteiger partial charge in [0.1, 0.15) is 12.0 Å². The average molecular weight is 198 g/mol. The minimum absolute atomic E-state index is 0.557. The molecule has 1 rings (SSSR count). The van der Waals surface area contributed by atoms with Gasteiger partial charge >= 0.3 is 6.18 Å². The van der Waals surface area contributed by atoms with Crippen LogP contribution in [0.3, 0.4) is 0 Å². The Labute approximate surface area is 69.8 Å². The van der Waals surface area contributed by atoms with Crippen LogP contribution in [0.2, 0.25) is 0 Å². The van der Waals surface area contributed by atoms with E-state index in [0.717, 1.165) is 0 Å². The molecule has 0 aromatic carbocycles. The van der Waals surface area contributed by atoms with Crippen molar-refractivity contribution in [1.29, 1.82) is 0 Å². The summed E-state index contributed by atoms with van der Waals surface area (Å²) in [5, 5.41) is 0. The van der Waals surface area contributed by atoms with Crippen LogP contribution in [0.25, 0.3) is 0 Å². The Bertz CT molecular complexity index is 242. The molecule has 0 saturated carbocycles. The van der Waals surface area contributed by atoms with Gasteiger partial charge < -0.3 is 0 Å². The van der Waals surface area contributed by atoms with E-state index >= 15 is 0 Å². The van der Waals surface area contributed by atoms with Crippen LogP contribution < -0.4 is 0 Å². The number of halogens is 3. The molecule has 1 fully saturated rings. The number of hydrogen-bond donors (Lipinski definition) is 0. The molecule has 0 aromatic rings. The van der Waals surface area contributed by atoms with Crippen LogP contribution in [0.4, 0.5) is 13.2 Å². The maximum atomic E-state index is 12.1. The molecule has 1 aliphatic rings. The normalized spacial score (nSPS) is 36.3. The van der Waals surface area contributed by atoms with Gasteiger partial charge in [0.25, 0.3) is 0 Å². The highest BCUT2D eigenvalue weighted by molar-refractivity contribution is 7.80. The van der Waals surface area contributed by atoms with Crippen molar-refractivity contribution in [2.75, 3.05) is 5.75 Å². The van der Waals surface area contributed by atoms with Gasteiger partial charge in [-0.3, -0.25) is 4.18 Å². The highest BCUT2D eigenvalue weighted by Crippen LogP contribution is 2.35. The van der Waals surface area contributed by atoms with E-state index in [-0.39, 0.29) is 0 Å². The van der Waals surface area contributed by atoms with Crippen molar-refractivity contribution < 1.29 is 21.6 Å². The Balaban J connectivity index is 2.79. The van der Waals surface area contributed by atoms with Gasteiger partial charge in [-0.05, 0) is 0 Å². The summed E-state index contributed by atoms with van der Waals surface area (Å²) in [6.07, 6.45) is -1.05. The Morgan fingerprint density at radius 2 is 2.17 bits per heavy atom. The maximum Gasteiger partial charge on any atom is 0.396 e. The standard InChI is InChI=1S/C6H5F3O2S/c1-2-5-4(6(7,8)9)3-12(10)11-5/h1,4-5H,3H2. The number of hydrogen-bond acceptors (Lipinski definition) is 2. The third-order valence-electron chi connectivity index (χ3n) is 1.48. The summed E-state index contributed by atoms with van der Waals surface area (Å²) >= 11 is -1.89. The second kappa shape index (κ2) is 3.07. The van der Waals surface area contributed by atoms with E-state index in [1.807, 2.05) is 5.92 Å². The maximum absolute atomic E-state index is 12.1. The molecule has 3 unspecified atom stereocenters. The predicted octanol–water partition coefficient (Wildman–Crippen LogP) is 0.861. The number of rotatable bonds is 0. The molecular formula is C6H5F3O2S. The van der Waals surface area contributed by atoms with Crippen LogP contribution in [0.1, 0.15) is 0 Å². The molecular weight excluding hydrogens is 193 g/mol. The quantitative estimate of drug-likeness (QED) is 0.539. The van der Waals surface area contributed by atoms with E-state index in [1.54, 1.807) is 0 Å². The van der Waals surface area contributed by atoms with E-state index in [1.165, 1.54) is 0 Å². The lowest BCUT2D eigenvalue weighted by Crippen LogP contribution is -2.31. The van der Waals surface area contributed by atoms with E-state index in [9.17, 15) is 17.4 Å². The van der Waals surface area contributed by atoms with Gasteiger partial charge in [-0.25, -0.2) is 4.21 Å². The molecule has 6 heteroatoms. The highest BCUT2D eigenvalue weighted by atomic mass is 32.2. The van der Waals surface area contributed by atoms with Gasteiger partial charge in [0, 0.05) is 0 Å². The number of alkyl halides is 3. The molecule has 1 heterocycles. The molecule has 3 atom stereocenters. The summed E-state index contributed by atoms with van der Waals surface area (Å²) in [6, 6.07) is 0. The highest BCUT2D eigenvalue weighted by Gasteiger charge is 2.50. The molecule has 0 amide bonds. The lowest BCUT2D eigenvalue weighted by atomic mass is 10.1. The second-order valence-electron chi connectivity index (χ2n) is 2.30. The molecule has 0 N–H and O–H groups in total. The topological polar surface area (TPSA) is 26.3 Å². The lowest BCUT2D eigenvalue weighted by molar-refractivity contribution is -0.176. The molecule has 1 aliphatic heterocycles. The predicted molar refractivity (Wildman–Crippen MR) is 36.3 cm³/mol. The summed E-state index contributed by atoms with van der Waals surface area (Å²) in [5.41, 5.74) is 0. The van der Waals surface area contributed by atoms with E-state index in [4.69, 9.17) is 6.42 Å². The van der Waals surface area contributed by atoms with Crippen molar-refractivity contribution in [1.82, 2.24) is 0 Å². The smallest absolute Gasteiger partial charge is 0.273 e. The number of terminal acetylenes is 1. The van der Waals surface area contributed by atoms with Gasteiger partial charge in [-0.2, -0.15) is 13.2 Å². The minimum Gasteiger partial charge on any atom is -0.273 e. The Kier molecular flexibility index (Phi) is 2.44. The van der Waals surface area contributed by atoms with E-state index in [2.05, 4.69) is 4.18 Å². The van der Waals surface area contributed by atoms with Crippen LogP contribution >= 0.6 is 0 Å². The van der Waals surface area contributed by atoms with Gasteiger partial charge in [-0.15, -0.1) is 6.42 Å². The fourth-order valence-corrected chi connectivity index (χ4v) is 2.02. The van der Waals surface area contributed by atoms with Crippen LogP contribution in [0.15, 0.2) is 0 Å². The molecule has 0 spiro atoms. The Morgan fingerprint density at radius 3 is 2.50 bits per heavy atom. The Hall–Kier alpha value is -0.540. The first kappa shape index (κ1) is 9.55. The molecule has 12 heavy (non-hydrogen) atoms. The summed E-state index contributed by atoms with van der Waals surface area (Å²) in [4.78, 5) is 0. The fraction of sp³-hybridized carbons (Fsp3) is 0.667. The largest absolute Gasteiger partial charge is 0.396 e. The Morgan fingerprint density at radius 1 is 1.58 bits per heavy atom. The molecule has 1 saturated heterocycles. The van der Waals surface area contributed by atoms with Gasteiger partial charge in [0.15, 0.2) is 11.1 Å². The van der Waals surface area contributed by atoms with E-state index in [0.29, 0.717) is 0 Å². The van der Waals surface area contributed by atoms with Crippen LogP contribution in [-0.2, 0) is 15.3 Å². The van der Waals surface area contributed by atoms with Crippen molar-refractivity contribution in [3.05, 3.63) is 0 Å². The summed E-state index contributed by atoms with van der Waals surface area (Å²) in [5.74, 6) is -0.530. The van der Waals surface area contributed by atoms with Crippen LogP contribution in [-0.4, -0.2) is 22.2 Å². The zero-order valence-electron chi connectivity index (χ0n) is 5.80. The van der Waals surface area contributed by atoms with Crippen molar-refractivity contribution in [2.45, 2.75) is 12.3 Å². The molecule has 0 bridgehead atoms. The summed E-state index contributed by atoms with van der Waals surface area (Å²) in [6.45, 7) is 0. The fourth-order valence-electron chi connectivity index (χ4n) is 0.866. The first-order chi connectivity index (χ1) is 5.45. The van der Waals surface area contributed by atoms with Gasteiger partial charge in [-0.1, -0.05) is 5.92 Å². The molecule has 68 valence electrons. The second-order valence-corrected chi connectivity index (χ2v) is 3.44. The zero-order valence-corrected chi connectivity index (χ0v) is 6.61. The van der Waals surface area contributed by atoms with Crippen molar-refractivity contribution in [3.63, 3.8) is 0 Å². The third-order valence-corrected chi connectivity index (χ3v) is 2.53. The summed E-state index contributed by atoms with van der Waals surface area (Å²) in [7, 11) is 0. The molecule has 2 nitrogen and oxygen atoms in total. The molecule has 0 aromatic heterocycles. The van der Waals surface area contributed by atoms with Crippen LogP contribution in [0, 0.1) is 18.3 Å². The van der Waals surface area contributed by atoms with Gasteiger partial charge in [0.05, 0.1) is 5.75 Å². The minimum atomic E-state index is -4.43. The van der Waals surface area contributed by atoms with Crippen molar-refractivity contribution >= 4 is 11.1 Å². The SMILES string of the molecule is C#CC1OS(=O)CC1C(F)(F)F. The third kappa shape index (κ3) is 1.79. The molecule has 0 radical (unpaired) electrons. The zero-order chi connectivity index (χ0) is 9.35. The van der Waals surface area contributed by atoms with E-state index < -0.39 is 35.0 Å². The van der Waals surface area contributed by atoms with Crippen molar-refractivity contribution in [3.8, 4) is 12.3 Å². The monoisotopic (exact) mass is 198 g/mol. The first-order valence-corrected chi connectivity index (χ1v) is 4.28. The van der Waals surface area contributed by atoms with Crippen LogP contribution in [0.5, 0.6) is 0 Å². The summed E-state index contributed by atoms with van der Waals surface area (Å²) < 4.78 is 51.1. The lowest BCUT2D eigenvalue weighted by Gasteiger charge is -2.14. The first-order valence-electron chi connectivity index (χ1n) is 3.03. The van der Waals surface area contributed by atoms with Crippen molar-refractivity contribution in [2.24, 2.45) is 5.92 Å². The molecule has 0 aliphatic carbocycles. The van der Waals surface area contributed by atoms with Gasteiger partial charge in [0.2, 0.25) is 0 Å². The average Bonchev–Trinajstić information content (AvgIpc) is 2.29.